The van der Waals surface area contributed by atoms with Crippen LogP contribution in [-0.2, 0) is 11.0 Å². The predicted molar refractivity (Wildman–Crippen MR) is 129 cm³/mol. The minimum atomic E-state index is -4.53. The lowest BCUT2D eigenvalue weighted by Gasteiger charge is -2.25. The third kappa shape index (κ3) is 5.12. The van der Waals surface area contributed by atoms with Gasteiger partial charge in [0.25, 0.3) is 5.91 Å². The summed E-state index contributed by atoms with van der Waals surface area (Å²) in [6.45, 7) is 4.21. The van der Waals surface area contributed by atoms with Crippen molar-refractivity contribution in [2.45, 2.75) is 31.3 Å². The lowest BCUT2D eigenvalue weighted by molar-refractivity contribution is -0.137. The molecule has 1 aliphatic heterocycles. The molecule has 1 N–H and O–H groups in total. The highest BCUT2D eigenvalue weighted by Crippen LogP contribution is 2.42. The Hall–Kier alpha value is -3.26. The topological polar surface area (TPSA) is 49.4 Å². The molecule has 3 aromatic carbocycles. The number of nitrogens with zero attached hydrogens (tertiary/aromatic N) is 1. The molecule has 1 saturated heterocycles. The number of hydrogen-bond acceptors (Lipinski definition) is 3. The highest BCUT2D eigenvalue weighted by molar-refractivity contribution is 8.00. The third-order valence-electron chi connectivity index (χ3n) is 5.59. The summed E-state index contributed by atoms with van der Waals surface area (Å²) in [6, 6.07) is 19.2. The van der Waals surface area contributed by atoms with Gasteiger partial charge in [-0.25, -0.2) is 0 Å². The molecule has 4 rings (SSSR count). The van der Waals surface area contributed by atoms with E-state index >= 15 is 0 Å². The smallest absolute Gasteiger partial charge is 0.322 e. The molecule has 0 radical (unpaired) electrons. The first kappa shape index (κ1) is 23.9. The number of rotatable bonds is 5. The van der Waals surface area contributed by atoms with Crippen LogP contribution in [0.4, 0.5) is 24.5 Å². The van der Waals surface area contributed by atoms with Crippen LogP contribution >= 0.6 is 11.8 Å². The first-order chi connectivity index (χ1) is 16.1. The molecule has 3 aromatic rings. The molecule has 2 amide bonds. The van der Waals surface area contributed by atoms with E-state index in [-0.39, 0.29) is 16.8 Å². The first-order valence-electron chi connectivity index (χ1n) is 10.8. The van der Waals surface area contributed by atoms with Gasteiger partial charge in [-0.05, 0) is 59.5 Å². The molecule has 1 aliphatic rings. The zero-order valence-electron chi connectivity index (χ0n) is 18.6. The van der Waals surface area contributed by atoms with E-state index in [1.54, 1.807) is 23.1 Å². The van der Waals surface area contributed by atoms with Crippen molar-refractivity contribution in [2.75, 3.05) is 16.0 Å². The van der Waals surface area contributed by atoms with E-state index in [1.807, 2.05) is 30.3 Å². The van der Waals surface area contributed by atoms with E-state index in [1.165, 1.54) is 29.5 Å². The average molecular weight is 485 g/mol. The van der Waals surface area contributed by atoms with Crippen LogP contribution in [0.5, 0.6) is 0 Å². The molecule has 1 fully saturated rings. The highest BCUT2D eigenvalue weighted by atomic mass is 32.2. The fourth-order valence-corrected chi connectivity index (χ4v) is 4.95. The number of halogens is 3. The molecule has 0 aliphatic carbocycles. The van der Waals surface area contributed by atoms with Gasteiger partial charge in [-0.2, -0.15) is 13.2 Å². The quantitative estimate of drug-likeness (QED) is 0.430. The van der Waals surface area contributed by atoms with E-state index in [0.717, 1.165) is 23.4 Å². The van der Waals surface area contributed by atoms with E-state index < -0.39 is 17.6 Å². The fraction of sp³-hybridized carbons (Fsp3) is 0.231. The van der Waals surface area contributed by atoms with Crippen molar-refractivity contribution < 1.29 is 22.8 Å². The van der Waals surface area contributed by atoms with Gasteiger partial charge in [-0.3, -0.25) is 14.5 Å². The van der Waals surface area contributed by atoms with Gasteiger partial charge in [0.2, 0.25) is 5.91 Å². The normalized spacial score (nSPS) is 16.2. The molecule has 0 spiro atoms. The number of hydrogen-bond donors (Lipinski definition) is 1. The second-order valence-corrected chi connectivity index (χ2v) is 9.40. The standard InChI is InChI=1S/C26H23F3N2O2S/c1-16(2)17-9-11-22(12-10-17)31-23(32)15-34-25(31)19-6-4-8-21(14-19)30-24(33)18-5-3-7-20(13-18)26(27,28)29/h3-14,16,25H,15H2,1-2H3,(H,30,33). The van der Waals surface area contributed by atoms with Crippen LogP contribution in [-0.4, -0.2) is 17.6 Å². The highest BCUT2D eigenvalue weighted by Gasteiger charge is 2.34. The van der Waals surface area contributed by atoms with Gasteiger partial charge in [0.15, 0.2) is 0 Å². The molecule has 0 saturated carbocycles. The van der Waals surface area contributed by atoms with Gasteiger partial charge in [0.05, 0.1) is 11.3 Å². The molecule has 4 nitrogen and oxygen atoms in total. The zero-order valence-corrected chi connectivity index (χ0v) is 19.4. The first-order valence-corrected chi connectivity index (χ1v) is 11.8. The summed E-state index contributed by atoms with van der Waals surface area (Å²) in [7, 11) is 0. The van der Waals surface area contributed by atoms with Crippen LogP contribution in [0.2, 0.25) is 0 Å². The van der Waals surface area contributed by atoms with Crippen molar-refractivity contribution in [3.63, 3.8) is 0 Å². The number of benzene rings is 3. The minimum Gasteiger partial charge on any atom is -0.322 e. The molecule has 1 unspecified atom stereocenters. The van der Waals surface area contributed by atoms with Gasteiger partial charge < -0.3 is 5.32 Å². The molecule has 1 heterocycles. The van der Waals surface area contributed by atoms with Crippen molar-refractivity contribution in [1.29, 1.82) is 0 Å². The van der Waals surface area contributed by atoms with Crippen LogP contribution in [0.25, 0.3) is 0 Å². The van der Waals surface area contributed by atoms with Gasteiger partial charge >= 0.3 is 6.18 Å². The number of anilines is 2. The molecule has 8 heteroatoms. The number of thioether (sulfide) groups is 1. The van der Waals surface area contributed by atoms with Crippen LogP contribution < -0.4 is 10.2 Å². The van der Waals surface area contributed by atoms with Crippen molar-refractivity contribution in [3.05, 3.63) is 95.1 Å². The summed E-state index contributed by atoms with van der Waals surface area (Å²) in [4.78, 5) is 27.0. The average Bonchev–Trinajstić information content (AvgIpc) is 3.20. The summed E-state index contributed by atoms with van der Waals surface area (Å²) >= 11 is 1.48. The predicted octanol–water partition coefficient (Wildman–Crippen LogP) is 6.86. The van der Waals surface area contributed by atoms with Crippen LogP contribution in [0.15, 0.2) is 72.8 Å². The van der Waals surface area contributed by atoms with Crippen molar-refractivity contribution in [3.8, 4) is 0 Å². The van der Waals surface area contributed by atoms with Crippen LogP contribution in [0, 0.1) is 0 Å². The Morgan fingerprint density at radius 3 is 2.41 bits per heavy atom. The molecule has 0 aromatic heterocycles. The van der Waals surface area contributed by atoms with Crippen molar-refractivity contribution in [1.82, 2.24) is 0 Å². The third-order valence-corrected chi connectivity index (χ3v) is 6.80. The zero-order chi connectivity index (χ0) is 24.5. The molecular formula is C26H23F3N2O2S. The number of carbonyl (C=O) groups is 2. The summed E-state index contributed by atoms with van der Waals surface area (Å²) in [5.74, 6) is 0.0630. The van der Waals surface area contributed by atoms with E-state index in [2.05, 4.69) is 19.2 Å². The maximum absolute atomic E-state index is 13.0. The maximum Gasteiger partial charge on any atom is 0.416 e. The van der Waals surface area contributed by atoms with Crippen molar-refractivity contribution >= 4 is 35.0 Å². The van der Waals surface area contributed by atoms with Crippen LogP contribution in [0.3, 0.4) is 0 Å². The lowest BCUT2D eigenvalue weighted by Crippen LogP contribution is -2.27. The number of carbonyl (C=O) groups excluding carboxylic acids is 2. The Kier molecular flexibility index (Phi) is 6.70. The molecule has 176 valence electrons. The summed E-state index contributed by atoms with van der Waals surface area (Å²) in [5.41, 5.74) is 2.26. The number of nitrogens with one attached hydrogen (secondary N) is 1. The van der Waals surface area contributed by atoms with E-state index in [9.17, 15) is 22.8 Å². The van der Waals surface area contributed by atoms with Crippen LogP contribution in [0.1, 0.15) is 52.2 Å². The lowest BCUT2D eigenvalue weighted by atomic mass is 10.0. The SMILES string of the molecule is CC(C)c1ccc(N2C(=O)CSC2c2cccc(NC(=O)c3cccc(C(F)(F)F)c3)c2)cc1. The Labute approximate surface area is 200 Å². The number of alkyl halides is 3. The maximum atomic E-state index is 13.0. The van der Waals surface area contributed by atoms with E-state index in [4.69, 9.17) is 0 Å². The Morgan fingerprint density at radius 1 is 1.03 bits per heavy atom. The minimum absolute atomic E-state index is 0.00861. The second-order valence-electron chi connectivity index (χ2n) is 8.33. The number of amides is 2. The van der Waals surface area contributed by atoms with Gasteiger partial charge in [-0.1, -0.05) is 44.2 Å². The Morgan fingerprint density at radius 2 is 1.74 bits per heavy atom. The molecule has 0 bridgehead atoms. The summed E-state index contributed by atoms with van der Waals surface area (Å²) in [5, 5.41) is 2.39. The molecular weight excluding hydrogens is 461 g/mol. The second kappa shape index (κ2) is 9.54. The van der Waals surface area contributed by atoms with Crippen molar-refractivity contribution in [2.24, 2.45) is 0 Å². The van der Waals surface area contributed by atoms with Gasteiger partial charge in [-0.15, -0.1) is 11.8 Å². The molecule has 1 atom stereocenters. The van der Waals surface area contributed by atoms with E-state index in [0.29, 0.717) is 17.4 Å². The Bertz CT molecular complexity index is 1210. The van der Waals surface area contributed by atoms with Gasteiger partial charge in [0, 0.05) is 16.9 Å². The largest absolute Gasteiger partial charge is 0.416 e. The Balaban J connectivity index is 1.56. The monoisotopic (exact) mass is 484 g/mol. The summed E-state index contributed by atoms with van der Waals surface area (Å²) in [6.07, 6.45) is -4.53. The van der Waals surface area contributed by atoms with Gasteiger partial charge in [0.1, 0.15) is 5.37 Å². The molecule has 34 heavy (non-hydrogen) atoms. The fourth-order valence-electron chi connectivity index (χ4n) is 3.78. The summed E-state index contributed by atoms with van der Waals surface area (Å²) < 4.78 is 39.0.